The highest BCUT2D eigenvalue weighted by molar-refractivity contribution is 7.98. The van der Waals surface area contributed by atoms with Gasteiger partial charge in [0, 0.05) is 11.8 Å². The van der Waals surface area contributed by atoms with E-state index in [0.717, 1.165) is 11.3 Å². The fourth-order valence-corrected chi connectivity index (χ4v) is 1.39. The average molecular weight is 200 g/mol. The zero-order chi connectivity index (χ0) is 10.3. The Morgan fingerprint density at radius 3 is 2.46 bits per heavy atom. The van der Waals surface area contributed by atoms with Crippen LogP contribution in [0.4, 0.5) is 0 Å². The molecule has 0 aliphatic rings. The van der Waals surface area contributed by atoms with Crippen molar-refractivity contribution in [3.8, 4) is 0 Å². The number of carbonyl (C=O) groups excluding carboxylic acids is 1. The molecular formula is C10H16O2S. The summed E-state index contributed by atoms with van der Waals surface area (Å²) in [6.45, 7) is 4.05. The summed E-state index contributed by atoms with van der Waals surface area (Å²) in [5, 5.41) is 0. The highest BCUT2D eigenvalue weighted by atomic mass is 32.2. The molecule has 13 heavy (non-hydrogen) atoms. The van der Waals surface area contributed by atoms with Crippen LogP contribution < -0.4 is 0 Å². The van der Waals surface area contributed by atoms with E-state index < -0.39 is 0 Å². The molecule has 0 radical (unpaired) electrons. The number of ether oxygens (including phenoxy) is 1. The molecule has 0 aromatic rings. The predicted octanol–water partition coefficient (Wildman–Crippen LogP) is 2.42. The van der Waals surface area contributed by atoms with E-state index in [1.165, 1.54) is 18.8 Å². The molecule has 0 N–H and O–H groups in total. The van der Waals surface area contributed by atoms with Crippen LogP contribution in [0.3, 0.4) is 0 Å². The summed E-state index contributed by atoms with van der Waals surface area (Å²) < 4.78 is 4.49. The molecule has 0 bridgehead atoms. The molecule has 0 unspecified atom stereocenters. The molecule has 0 saturated carbocycles. The Kier molecular flexibility index (Phi) is 6.41. The fourth-order valence-electron chi connectivity index (χ4n) is 0.734. The number of methoxy groups -OCH3 is 1. The van der Waals surface area contributed by atoms with E-state index in [-0.39, 0.29) is 5.97 Å². The first-order valence-corrected chi connectivity index (χ1v) is 5.42. The molecule has 0 spiro atoms. The predicted molar refractivity (Wildman–Crippen MR) is 57.9 cm³/mol. The van der Waals surface area contributed by atoms with Gasteiger partial charge in [0.15, 0.2) is 0 Å². The van der Waals surface area contributed by atoms with Gasteiger partial charge in [-0.15, -0.1) is 0 Å². The van der Waals surface area contributed by atoms with Crippen molar-refractivity contribution in [1.29, 1.82) is 0 Å². The van der Waals surface area contributed by atoms with Gasteiger partial charge in [-0.3, -0.25) is 0 Å². The van der Waals surface area contributed by atoms with Gasteiger partial charge in [0.05, 0.1) is 7.11 Å². The quantitative estimate of drug-likeness (QED) is 0.396. The highest BCUT2D eigenvalue weighted by Gasteiger charge is 1.94. The van der Waals surface area contributed by atoms with Crippen molar-refractivity contribution < 1.29 is 9.53 Å². The zero-order valence-electron chi connectivity index (χ0n) is 8.59. The van der Waals surface area contributed by atoms with Crippen LogP contribution in [-0.2, 0) is 9.53 Å². The van der Waals surface area contributed by atoms with Crippen LogP contribution in [0.5, 0.6) is 0 Å². The Morgan fingerprint density at radius 1 is 1.38 bits per heavy atom. The SMILES string of the molecule is COC(=O)/C=C/C(C)=C(\C)CSC. The summed E-state index contributed by atoms with van der Waals surface area (Å²) in [6.07, 6.45) is 5.29. The van der Waals surface area contributed by atoms with Crippen LogP contribution in [0, 0.1) is 0 Å². The van der Waals surface area contributed by atoms with Crippen molar-refractivity contribution in [2.75, 3.05) is 19.1 Å². The molecule has 0 fully saturated rings. The summed E-state index contributed by atoms with van der Waals surface area (Å²) in [6, 6.07) is 0. The van der Waals surface area contributed by atoms with Crippen molar-refractivity contribution in [3.05, 3.63) is 23.3 Å². The number of hydrogen-bond donors (Lipinski definition) is 0. The van der Waals surface area contributed by atoms with E-state index in [0.29, 0.717) is 0 Å². The van der Waals surface area contributed by atoms with Crippen LogP contribution in [0.1, 0.15) is 13.8 Å². The maximum atomic E-state index is 10.8. The number of allylic oxidation sites excluding steroid dienone is 2. The van der Waals surface area contributed by atoms with Gasteiger partial charge in [-0.25, -0.2) is 4.79 Å². The third-order valence-corrected chi connectivity index (χ3v) is 2.43. The second kappa shape index (κ2) is 6.78. The molecule has 0 aliphatic heterocycles. The van der Waals surface area contributed by atoms with E-state index in [4.69, 9.17) is 0 Å². The first-order chi connectivity index (χ1) is 6.11. The smallest absolute Gasteiger partial charge is 0.330 e. The Morgan fingerprint density at radius 2 is 2.00 bits per heavy atom. The Hall–Kier alpha value is -0.700. The normalized spacial score (nSPS) is 12.9. The van der Waals surface area contributed by atoms with E-state index in [9.17, 15) is 4.79 Å². The van der Waals surface area contributed by atoms with E-state index in [2.05, 4.69) is 17.9 Å². The van der Waals surface area contributed by atoms with Crippen molar-refractivity contribution in [1.82, 2.24) is 0 Å². The minimum Gasteiger partial charge on any atom is -0.466 e. The number of rotatable bonds is 4. The van der Waals surface area contributed by atoms with E-state index in [1.807, 2.05) is 6.92 Å². The first-order valence-electron chi connectivity index (χ1n) is 4.03. The highest BCUT2D eigenvalue weighted by Crippen LogP contribution is 2.09. The van der Waals surface area contributed by atoms with Gasteiger partial charge >= 0.3 is 5.97 Å². The van der Waals surface area contributed by atoms with Crippen LogP contribution >= 0.6 is 11.8 Å². The van der Waals surface area contributed by atoms with E-state index >= 15 is 0 Å². The molecule has 74 valence electrons. The number of hydrogen-bond acceptors (Lipinski definition) is 3. The lowest BCUT2D eigenvalue weighted by Crippen LogP contribution is -1.94. The molecule has 0 rings (SSSR count). The molecule has 3 heteroatoms. The van der Waals surface area contributed by atoms with Crippen molar-refractivity contribution in [3.63, 3.8) is 0 Å². The fraction of sp³-hybridized carbons (Fsp3) is 0.500. The second-order valence-corrected chi connectivity index (χ2v) is 3.62. The lowest BCUT2D eigenvalue weighted by Gasteiger charge is -2.00. The summed E-state index contributed by atoms with van der Waals surface area (Å²) in [5.74, 6) is 0.688. The number of thioether (sulfide) groups is 1. The maximum Gasteiger partial charge on any atom is 0.330 e. The third-order valence-electron chi connectivity index (χ3n) is 1.70. The topological polar surface area (TPSA) is 26.3 Å². The molecule has 0 aliphatic carbocycles. The van der Waals surface area contributed by atoms with Gasteiger partial charge in [-0.2, -0.15) is 11.8 Å². The lowest BCUT2D eigenvalue weighted by atomic mass is 10.1. The van der Waals surface area contributed by atoms with Crippen molar-refractivity contribution in [2.24, 2.45) is 0 Å². The molecule has 0 aromatic carbocycles. The molecular weight excluding hydrogens is 184 g/mol. The first kappa shape index (κ1) is 12.3. The van der Waals surface area contributed by atoms with E-state index in [1.54, 1.807) is 17.8 Å². The van der Waals surface area contributed by atoms with Gasteiger partial charge in [0.2, 0.25) is 0 Å². The number of carbonyl (C=O) groups is 1. The average Bonchev–Trinajstić information content (AvgIpc) is 2.13. The Balaban J connectivity index is 4.26. The molecule has 0 atom stereocenters. The van der Waals surface area contributed by atoms with Gasteiger partial charge in [0.1, 0.15) is 0 Å². The Labute approximate surface area is 84.0 Å². The van der Waals surface area contributed by atoms with Gasteiger partial charge in [-0.05, 0) is 20.1 Å². The van der Waals surface area contributed by atoms with Crippen LogP contribution in [0.2, 0.25) is 0 Å². The zero-order valence-corrected chi connectivity index (χ0v) is 9.40. The standard InChI is InChI=1S/C10H16O2S/c1-8(9(2)7-13-4)5-6-10(11)12-3/h5-6H,7H2,1-4H3/b6-5+,9-8+. The molecule has 0 heterocycles. The molecule has 2 nitrogen and oxygen atoms in total. The van der Waals surface area contributed by atoms with Gasteiger partial charge in [-0.1, -0.05) is 17.2 Å². The maximum absolute atomic E-state index is 10.8. The number of esters is 1. The van der Waals surface area contributed by atoms with Gasteiger partial charge < -0.3 is 4.74 Å². The minimum atomic E-state index is -0.309. The third kappa shape index (κ3) is 5.53. The van der Waals surface area contributed by atoms with Crippen LogP contribution in [-0.4, -0.2) is 25.1 Å². The summed E-state index contributed by atoms with van der Waals surface area (Å²) in [4.78, 5) is 10.8. The lowest BCUT2D eigenvalue weighted by molar-refractivity contribution is -0.134. The Bertz CT molecular complexity index is 229. The van der Waals surface area contributed by atoms with Crippen molar-refractivity contribution >= 4 is 17.7 Å². The molecule has 0 amide bonds. The molecule has 0 saturated heterocycles. The van der Waals surface area contributed by atoms with Gasteiger partial charge in [0.25, 0.3) is 0 Å². The summed E-state index contributed by atoms with van der Waals surface area (Å²) in [7, 11) is 1.38. The summed E-state index contributed by atoms with van der Waals surface area (Å²) >= 11 is 1.77. The summed E-state index contributed by atoms with van der Waals surface area (Å²) in [5.41, 5.74) is 2.41. The largest absolute Gasteiger partial charge is 0.466 e. The van der Waals surface area contributed by atoms with Crippen LogP contribution in [0.15, 0.2) is 23.3 Å². The minimum absolute atomic E-state index is 0.309. The second-order valence-electron chi connectivity index (χ2n) is 2.75. The van der Waals surface area contributed by atoms with Crippen molar-refractivity contribution in [2.45, 2.75) is 13.8 Å². The van der Waals surface area contributed by atoms with Crippen LogP contribution in [0.25, 0.3) is 0 Å². The molecule has 0 aromatic heterocycles. The monoisotopic (exact) mass is 200 g/mol.